The third kappa shape index (κ3) is 1.67. The molecule has 1 aliphatic carbocycles. The van der Waals surface area contributed by atoms with Gasteiger partial charge in [-0.05, 0) is 31.7 Å². The molecule has 5 heteroatoms. The number of rotatable bonds is 2. The van der Waals surface area contributed by atoms with Gasteiger partial charge >= 0.3 is 0 Å². The van der Waals surface area contributed by atoms with Crippen molar-refractivity contribution in [3.05, 3.63) is 23.0 Å². The van der Waals surface area contributed by atoms with Crippen LogP contribution in [0.25, 0.3) is 11.0 Å². The third-order valence-electron chi connectivity index (χ3n) is 4.00. The van der Waals surface area contributed by atoms with Crippen LogP contribution in [0.4, 0.5) is 10.3 Å². The monoisotopic (exact) mass is 267 g/mol. The molecule has 1 fully saturated rings. The van der Waals surface area contributed by atoms with Crippen LogP contribution in [-0.4, -0.2) is 9.55 Å². The molecule has 1 aromatic heterocycles. The highest BCUT2D eigenvalue weighted by Gasteiger charge is 2.27. The molecule has 2 aromatic rings. The largest absolute Gasteiger partial charge is 0.369 e. The van der Waals surface area contributed by atoms with Gasteiger partial charge in [-0.3, -0.25) is 0 Å². The number of nitrogens with two attached hydrogens (primary N) is 1. The Hall–Kier alpha value is -1.29. The Bertz CT molecular complexity index is 604. The number of imidazole rings is 1. The summed E-state index contributed by atoms with van der Waals surface area (Å²) in [5, 5.41) is 0.0865. The van der Waals surface area contributed by atoms with Gasteiger partial charge in [0.1, 0.15) is 5.82 Å². The van der Waals surface area contributed by atoms with Crippen LogP contribution in [0.3, 0.4) is 0 Å². The van der Waals surface area contributed by atoms with Crippen molar-refractivity contribution in [2.45, 2.75) is 32.2 Å². The Morgan fingerprint density at radius 1 is 1.50 bits per heavy atom. The van der Waals surface area contributed by atoms with Crippen molar-refractivity contribution in [2.75, 3.05) is 5.73 Å². The van der Waals surface area contributed by atoms with Crippen LogP contribution in [0.1, 0.15) is 32.2 Å². The van der Waals surface area contributed by atoms with Crippen LogP contribution in [-0.2, 0) is 0 Å². The van der Waals surface area contributed by atoms with Gasteiger partial charge in [0.2, 0.25) is 5.95 Å². The number of fused-ring (bicyclic) bond motifs is 1. The molecular weight excluding hydrogens is 253 g/mol. The van der Waals surface area contributed by atoms with E-state index in [1.807, 2.05) is 4.57 Å². The van der Waals surface area contributed by atoms with E-state index in [-0.39, 0.29) is 11.1 Å². The van der Waals surface area contributed by atoms with Crippen molar-refractivity contribution >= 4 is 28.6 Å². The standard InChI is InChI=1S/C13H15ClFN3/c1-7(8-3-2-4-8)18-12-6-10(15)9(14)5-11(12)17-13(18)16/h5-8H,2-4H2,1H3,(H2,16,17). The van der Waals surface area contributed by atoms with E-state index in [2.05, 4.69) is 11.9 Å². The minimum atomic E-state index is -0.425. The van der Waals surface area contributed by atoms with Gasteiger partial charge < -0.3 is 10.3 Å². The van der Waals surface area contributed by atoms with E-state index in [4.69, 9.17) is 17.3 Å². The third-order valence-corrected chi connectivity index (χ3v) is 4.29. The van der Waals surface area contributed by atoms with Gasteiger partial charge in [-0.25, -0.2) is 9.37 Å². The van der Waals surface area contributed by atoms with Crippen molar-refractivity contribution in [3.63, 3.8) is 0 Å². The van der Waals surface area contributed by atoms with E-state index < -0.39 is 5.82 Å². The number of hydrogen-bond donors (Lipinski definition) is 1. The summed E-state index contributed by atoms with van der Waals surface area (Å²) in [6, 6.07) is 3.22. The predicted molar refractivity (Wildman–Crippen MR) is 71.2 cm³/mol. The van der Waals surface area contributed by atoms with E-state index in [0.29, 0.717) is 17.4 Å². The molecule has 1 heterocycles. The highest BCUT2D eigenvalue weighted by atomic mass is 35.5. The lowest BCUT2D eigenvalue weighted by atomic mass is 9.80. The lowest BCUT2D eigenvalue weighted by Gasteiger charge is -2.33. The van der Waals surface area contributed by atoms with Crippen LogP contribution in [0.2, 0.25) is 5.02 Å². The van der Waals surface area contributed by atoms with Gasteiger partial charge in [0, 0.05) is 12.1 Å². The van der Waals surface area contributed by atoms with Gasteiger partial charge in [0.15, 0.2) is 0 Å². The molecule has 1 aromatic carbocycles. The normalized spacial score (nSPS) is 17.9. The van der Waals surface area contributed by atoms with Crippen molar-refractivity contribution in [1.82, 2.24) is 9.55 Å². The first kappa shape index (κ1) is 11.8. The molecule has 18 heavy (non-hydrogen) atoms. The molecule has 0 amide bonds. The summed E-state index contributed by atoms with van der Waals surface area (Å²) in [5.74, 6) is 0.626. The second-order valence-electron chi connectivity index (χ2n) is 5.03. The first-order valence-electron chi connectivity index (χ1n) is 6.20. The summed E-state index contributed by atoms with van der Waals surface area (Å²) >= 11 is 5.76. The predicted octanol–water partition coefficient (Wildman–Crippen LogP) is 3.77. The Kier molecular flexibility index (Phi) is 2.70. The maximum Gasteiger partial charge on any atom is 0.201 e. The minimum absolute atomic E-state index is 0.0865. The molecule has 2 N–H and O–H groups in total. The number of aromatic nitrogens is 2. The summed E-state index contributed by atoms with van der Waals surface area (Å²) in [5.41, 5.74) is 7.35. The molecule has 1 aliphatic rings. The molecule has 1 atom stereocenters. The zero-order valence-electron chi connectivity index (χ0n) is 10.2. The highest BCUT2D eigenvalue weighted by Crippen LogP contribution is 2.39. The maximum absolute atomic E-state index is 13.6. The molecular formula is C13H15ClFN3. The molecule has 1 unspecified atom stereocenters. The first-order chi connectivity index (χ1) is 8.58. The molecule has 3 nitrogen and oxygen atoms in total. The topological polar surface area (TPSA) is 43.8 Å². The zero-order chi connectivity index (χ0) is 12.9. The van der Waals surface area contributed by atoms with Crippen molar-refractivity contribution in [2.24, 2.45) is 5.92 Å². The molecule has 0 radical (unpaired) electrons. The van der Waals surface area contributed by atoms with Gasteiger partial charge in [-0.2, -0.15) is 0 Å². The average Bonchev–Trinajstić information content (AvgIpc) is 2.52. The summed E-state index contributed by atoms with van der Waals surface area (Å²) in [4.78, 5) is 4.27. The summed E-state index contributed by atoms with van der Waals surface area (Å²) < 4.78 is 15.5. The lowest BCUT2D eigenvalue weighted by Crippen LogP contribution is -2.23. The van der Waals surface area contributed by atoms with Gasteiger partial charge in [-0.1, -0.05) is 18.0 Å². The fourth-order valence-corrected chi connectivity index (χ4v) is 2.83. The van der Waals surface area contributed by atoms with Gasteiger partial charge in [0.25, 0.3) is 0 Å². The van der Waals surface area contributed by atoms with E-state index >= 15 is 0 Å². The number of halogens is 2. The van der Waals surface area contributed by atoms with Crippen LogP contribution in [0, 0.1) is 11.7 Å². The quantitative estimate of drug-likeness (QED) is 0.900. The van der Waals surface area contributed by atoms with Crippen LogP contribution < -0.4 is 5.73 Å². The van der Waals surface area contributed by atoms with Crippen molar-refractivity contribution < 1.29 is 4.39 Å². The Morgan fingerprint density at radius 3 is 2.83 bits per heavy atom. The number of benzene rings is 1. The maximum atomic E-state index is 13.6. The van der Waals surface area contributed by atoms with Crippen molar-refractivity contribution in [3.8, 4) is 0 Å². The van der Waals surface area contributed by atoms with Crippen LogP contribution in [0.5, 0.6) is 0 Å². The van der Waals surface area contributed by atoms with Gasteiger partial charge in [-0.15, -0.1) is 0 Å². The Morgan fingerprint density at radius 2 is 2.22 bits per heavy atom. The minimum Gasteiger partial charge on any atom is -0.369 e. The molecule has 0 saturated heterocycles. The first-order valence-corrected chi connectivity index (χ1v) is 6.58. The Balaban J connectivity index is 2.15. The smallest absolute Gasteiger partial charge is 0.201 e. The fraction of sp³-hybridized carbons (Fsp3) is 0.462. The molecule has 0 bridgehead atoms. The van der Waals surface area contributed by atoms with Crippen LogP contribution in [0.15, 0.2) is 12.1 Å². The number of anilines is 1. The van der Waals surface area contributed by atoms with E-state index in [9.17, 15) is 4.39 Å². The second-order valence-corrected chi connectivity index (χ2v) is 5.43. The highest BCUT2D eigenvalue weighted by molar-refractivity contribution is 6.31. The molecule has 1 saturated carbocycles. The average molecular weight is 268 g/mol. The summed E-state index contributed by atoms with van der Waals surface area (Å²) in [6.45, 7) is 2.12. The molecule has 96 valence electrons. The summed E-state index contributed by atoms with van der Waals surface area (Å²) in [7, 11) is 0. The number of hydrogen-bond acceptors (Lipinski definition) is 2. The SMILES string of the molecule is CC(C1CCC1)n1c(N)nc2cc(Cl)c(F)cc21. The number of nitrogen functional groups attached to an aromatic ring is 1. The van der Waals surface area contributed by atoms with Gasteiger partial charge in [0.05, 0.1) is 16.1 Å². The van der Waals surface area contributed by atoms with Crippen molar-refractivity contribution in [1.29, 1.82) is 0 Å². The zero-order valence-corrected chi connectivity index (χ0v) is 10.9. The number of nitrogens with zero attached hydrogens (tertiary/aromatic N) is 2. The fourth-order valence-electron chi connectivity index (χ4n) is 2.67. The van der Waals surface area contributed by atoms with E-state index in [0.717, 1.165) is 5.52 Å². The molecule has 0 spiro atoms. The van der Waals surface area contributed by atoms with E-state index in [1.165, 1.54) is 31.4 Å². The van der Waals surface area contributed by atoms with E-state index in [1.54, 1.807) is 0 Å². The second kappa shape index (κ2) is 4.12. The molecule has 0 aliphatic heterocycles. The summed E-state index contributed by atoms with van der Waals surface area (Å²) in [6.07, 6.45) is 3.68. The lowest BCUT2D eigenvalue weighted by molar-refractivity contribution is 0.227. The Labute approximate surface area is 110 Å². The van der Waals surface area contributed by atoms with Crippen LogP contribution >= 0.6 is 11.6 Å². The molecule has 3 rings (SSSR count).